The Hall–Kier alpha value is -1.25. The SMILES string of the molecule is COCC(O)CN(C)c1cc(F)c(Br)cc1[N+](=O)[O-]. The van der Waals surface area contributed by atoms with E-state index in [0.29, 0.717) is 0 Å². The van der Waals surface area contributed by atoms with E-state index in [1.54, 1.807) is 0 Å². The van der Waals surface area contributed by atoms with Gasteiger partial charge in [-0.3, -0.25) is 10.1 Å². The first-order valence-corrected chi connectivity index (χ1v) is 6.17. The third-order valence-electron chi connectivity index (χ3n) is 2.47. The number of methoxy groups -OCH3 is 1. The molecule has 0 fully saturated rings. The first-order valence-electron chi connectivity index (χ1n) is 5.38. The number of benzene rings is 1. The van der Waals surface area contributed by atoms with E-state index in [1.807, 2.05) is 0 Å². The molecule has 0 saturated heterocycles. The van der Waals surface area contributed by atoms with Crippen molar-refractivity contribution in [2.75, 3.05) is 32.2 Å². The molecule has 0 aliphatic heterocycles. The van der Waals surface area contributed by atoms with Gasteiger partial charge in [-0.05, 0) is 15.9 Å². The van der Waals surface area contributed by atoms with Crippen molar-refractivity contribution >= 4 is 27.3 Å². The van der Waals surface area contributed by atoms with Gasteiger partial charge in [0.25, 0.3) is 5.69 Å². The minimum atomic E-state index is -0.818. The Bertz CT molecular complexity index is 472. The highest BCUT2D eigenvalue weighted by Crippen LogP contribution is 2.32. The molecule has 0 saturated carbocycles. The monoisotopic (exact) mass is 336 g/mol. The summed E-state index contributed by atoms with van der Waals surface area (Å²) in [5, 5.41) is 20.5. The lowest BCUT2D eigenvalue weighted by Gasteiger charge is -2.22. The quantitative estimate of drug-likeness (QED) is 0.634. The molecule has 106 valence electrons. The van der Waals surface area contributed by atoms with E-state index < -0.39 is 16.8 Å². The molecule has 1 N–H and O–H groups in total. The van der Waals surface area contributed by atoms with Crippen LogP contribution in [-0.2, 0) is 4.74 Å². The van der Waals surface area contributed by atoms with Gasteiger partial charge in [0, 0.05) is 32.8 Å². The first-order chi connectivity index (χ1) is 8.86. The average molecular weight is 337 g/mol. The van der Waals surface area contributed by atoms with Gasteiger partial charge in [-0.15, -0.1) is 0 Å². The van der Waals surface area contributed by atoms with Crippen LogP contribution < -0.4 is 4.90 Å². The van der Waals surface area contributed by atoms with E-state index in [2.05, 4.69) is 15.9 Å². The number of likely N-dealkylation sites (N-methyl/N-ethyl adjacent to an activating group) is 1. The lowest BCUT2D eigenvalue weighted by atomic mass is 10.2. The summed E-state index contributed by atoms with van der Waals surface area (Å²) in [6.07, 6.45) is -0.818. The predicted octanol–water partition coefficient (Wildman–Crippen LogP) is 1.94. The highest BCUT2D eigenvalue weighted by molar-refractivity contribution is 9.10. The first kappa shape index (κ1) is 15.8. The van der Waals surface area contributed by atoms with Gasteiger partial charge in [0.05, 0.1) is 22.1 Å². The molecule has 0 spiro atoms. The maximum Gasteiger partial charge on any atom is 0.293 e. The Balaban J connectivity index is 3.04. The van der Waals surface area contributed by atoms with Crippen molar-refractivity contribution in [2.45, 2.75) is 6.10 Å². The summed E-state index contributed by atoms with van der Waals surface area (Å²) in [4.78, 5) is 11.8. The van der Waals surface area contributed by atoms with Crippen LogP contribution in [-0.4, -0.2) is 43.4 Å². The standard InChI is InChI=1S/C11H14BrFN2O4/c1-14(5-7(16)6-19-2)10-4-9(13)8(12)3-11(10)15(17)18/h3-4,7,16H,5-6H2,1-2H3. The Kier molecular flexibility index (Phi) is 5.64. The van der Waals surface area contributed by atoms with Crippen molar-refractivity contribution in [3.63, 3.8) is 0 Å². The number of hydrogen-bond acceptors (Lipinski definition) is 5. The van der Waals surface area contributed by atoms with Crippen LogP contribution in [0.4, 0.5) is 15.8 Å². The van der Waals surface area contributed by atoms with Crippen molar-refractivity contribution in [3.05, 3.63) is 32.5 Å². The van der Waals surface area contributed by atoms with Gasteiger partial charge in [0.2, 0.25) is 0 Å². The molecule has 0 bridgehead atoms. The molecule has 0 aliphatic carbocycles. The normalized spacial score (nSPS) is 12.3. The number of nitro benzene ring substituents is 1. The zero-order valence-electron chi connectivity index (χ0n) is 10.5. The number of anilines is 1. The number of nitro groups is 1. The summed E-state index contributed by atoms with van der Waals surface area (Å²) < 4.78 is 18.3. The van der Waals surface area contributed by atoms with Crippen LogP contribution in [0, 0.1) is 15.9 Å². The number of nitrogens with zero attached hydrogens (tertiary/aromatic N) is 2. The minimum absolute atomic E-state index is 0.0220. The van der Waals surface area contributed by atoms with Gasteiger partial charge in [0.15, 0.2) is 0 Å². The fourth-order valence-electron chi connectivity index (χ4n) is 1.64. The van der Waals surface area contributed by atoms with Crippen molar-refractivity contribution in [1.82, 2.24) is 0 Å². The van der Waals surface area contributed by atoms with E-state index in [1.165, 1.54) is 19.1 Å². The minimum Gasteiger partial charge on any atom is -0.389 e. The summed E-state index contributed by atoms with van der Waals surface area (Å²) in [6, 6.07) is 2.16. The second-order valence-corrected chi connectivity index (χ2v) is 4.86. The van der Waals surface area contributed by atoms with Crippen LogP contribution in [0.15, 0.2) is 16.6 Å². The van der Waals surface area contributed by atoms with Crippen LogP contribution in [0.5, 0.6) is 0 Å². The summed E-state index contributed by atoms with van der Waals surface area (Å²) in [5.74, 6) is -0.603. The Morgan fingerprint density at radius 1 is 1.63 bits per heavy atom. The molecule has 8 heteroatoms. The third-order valence-corrected chi connectivity index (χ3v) is 3.08. The van der Waals surface area contributed by atoms with Crippen molar-refractivity contribution < 1.29 is 19.2 Å². The van der Waals surface area contributed by atoms with Crippen LogP contribution >= 0.6 is 15.9 Å². The maximum atomic E-state index is 13.5. The van der Waals surface area contributed by atoms with Gasteiger partial charge in [-0.2, -0.15) is 0 Å². The Morgan fingerprint density at radius 3 is 2.79 bits per heavy atom. The van der Waals surface area contributed by atoms with Crippen LogP contribution in [0.1, 0.15) is 0 Å². The van der Waals surface area contributed by atoms with Gasteiger partial charge in [0.1, 0.15) is 11.5 Å². The fourth-order valence-corrected chi connectivity index (χ4v) is 1.97. The zero-order valence-corrected chi connectivity index (χ0v) is 12.1. The smallest absolute Gasteiger partial charge is 0.293 e. The number of aliphatic hydroxyl groups is 1. The molecule has 0 aliphatic rings. The van der Waals surface area contributed by atoms with E-state index in [9.17, 15) is 19.6 Å². The van der Waals surface area contributed by atoms with Crippen LogP contribution in [0.2, 0.25) is 0 Å². The molecular weight excluding hydrogens is 323 g/mol. The Labute approximate surface area is 118 Å². The van der Waals surface area contributed by atoms with E-state index in [4.69, 9.17) is 4.74 Å². The van der Waals surface area contributed by atoms with Gasteiger partial charge in [-0.1, -0.05) is 0 Å². The largest absolute Gasteiger partial charge is 0.389 e. The lowest BCUT2D eigenvalue weighted by molar-refractivity contribution is -0.384. The molecule has 19 heavy (non-hydrogen) atoms. The van der Waals surface area contributed by atoms with Crippen molar-refractivity contribution in [1.29, 1.82) is 0 Å². The predicted molar refractivity (Wildman–Crippen MR) is 71.9 cm³/mol. The van der Waals surface area contributed by atoms with E-state index in [0.717, 1.165) is 12.1 Å². The van der Waals surface area contributed by atoms with Crippen molar-refractivity contribution in [3.8, 4) is 0 Å². The van der Waals surface area contributed by atoms with E-state index >= 15 is 0 Å². The third kappa shape index (κ3) is 4.12. The molecule has 1 rings (SSSR count). The summed E-state index contributed by atoms with van der Waals surface area (Å²) in [6.45, 7) is 0.187. The van der Waals surface area contributed by atoms with E-state index in [-0.39, 0.29) is 29.0 Å². The molecule has 1 aromatic rings. The topological polar surface area (TPSA) is 75.8 Å². The Morgan fingerprint density at radius 2 is 2.26 bits per heavy atom. The van der Waals surface area contributed by atoms with Crippen LogP contribution in [0.3, 0.4) is 0 Å². The number of hydrogen-bond donors (Lipinski definition) is 1. The fraction of sp³-hybridized carbons (Fsp3) is 0.455. The highest BCUT2D eigenvalue weighted by atomic mass is 79.9. The zero-order chi connectivity index (χ0) is 14.6. The molecule has 0 radical (unpaired) electrons. The molecule has 0 aromatic heterocycles. The summed E-state index contributed by atoms with van der Waals surface area (Å²) in [5.41, 5.74) is -0.138. The number of aliphatic hydroxyl groups excluding tert-OH is 1. The molecular formula is C11H14BrFN2O4. The van der Waals surface area contributed by atoms with Crippen molar-refractivity contribution in [2.24, 2.45) is 0 Å². The second kappa shape index (κ2) is 6.78. The summed E-state index contributed by atoms with van der Waals surface area (Å²) in [7, 11) is 2.97. The highest BCUT2D eigenvalue weighted by Gasteiger charge is 2.21. The molecule has 0 heterocycles. The van der Waals surface area contributed by atoms with Gasteiger partial charge < -0.3 is 14.7 Å². The van der Waals surface area contributed by atoms with Crippen LogP contribution in [0.25, 0.3) is 0 Å². The average Bonchev–Trinajstić information content (AvgIpc) is 2.31. The number of rotatable bonds is 6. The maximum absolute atomic E-state index is 13.5. The molecule has 1 atom stereocenters. The molecule has 0 amide bonds. The number of halogens is 2. The second-order valence-electron chi connectivity index (χ2n) is 4.00. The summed E-state index contributed by atoms with van der Waals surface area (Å²) >= 11 is 2.91. The van der Waals surface area contributed by atoms with Gasteiger partial charge in [-0.25, -0.2) is 4.39 Å². The van der Waals surface area contributed by atoms with Gasteiger partial charge >= 0.3 is 0 Å². The number of ether oxygens (including phenoxy) is 1. The molecule has 6 nitrogen and oxygen atoms in total. The lowest BCUT2D eigenvalue weighted by Crippen LogP contribution is -2.32. The molecule has 1 unspecified atom stereocenters. The molecule has 1 aromatic carbocycles.